The zero-order valence-electron chi connectivity index (χ0n) is 12.1. The molecule has 0 aliphatic heterocycles. The summed E-state index contributed by atoms with van der Waals surface area (Å²) in [6.07, 6.45) is 0. The fourth-order valence-electron chi connectivity index (χ4n) is 1.87. The summed E-state index contributed by atoms with van der Waals surface area (Å²) in [5.74, 6) is 0.738. The van der Waals surface area contributed by atoms with Gasteiger partial charge in [0.15, 0.2) is 0 Å². The summed E-state index contributed by atoms with van der Waals surface area (Å²) in [6.45, 7) is 5.98. The molecule has 1 amide bonds. The molecule has 3 aromatic rings. The van der Waals surface area contributed by atoms with Gasteiger partial charge >= 0.3 is 0 Å². The molecule has 0 fully saturated rings. The van der Waals surface area contributed by atoms with Crippen LogP contribution in [-0.4, -0.2) is 31.1 Å². The molecule has 0 saturated carbocycles. The van der Waals surface area contributed by atoms with Crippen LogP contribution in [-0.2, 0) is 5.41 Å². The number of H-pyrrole nitrogens is 2. The monoisotopic (exact) mass is 284 g/mol. The number of carbonyl (C=O) groups is 1. The van der Waals surface area contributed by atoms with Gasteiger partial charge in [0.2, 0.25) is 11.8 Å². The van der Waals surface area contributed by atoms with Crippen LogP contribution >= 0.6 is 0 Å². The third-order valence-electron chi connectivity index (χ3n) is 3.02. The van der Waals surface area contributed by atoms with Crippen molar-refractivity contribution in [3.63, 3.8) is 0 Å². The number of imidazole rings is 1. The van der Waals surface area contributed by atoms with Crippen molar-refractivity contribution in [2.45, 2.75) is 26.2 Å². The molecule has 2 heterocycles. The van der Waals surface area contributed by atoms with Crippen LogP contribution in [0.5, 0.6) is 0 Å². The van der Waals surface area contributed by atoms with Crippen molar-refractivity contribution in [1.29, 1.82) is 0 Å². The maximum Gasteiger partial charge on any atom is 0.297 e. The van der Waals surface area contributed by atoms with Crippen molar-refractivity contribution < 1.29 is 4.79 Å². The molecule has 0 radical (unpaired) electrons. The highest BCUT2D eigenvalue weighted by atomic mass is 16.2. The Kier molecular flexibility index (Phi) is 2.97. The molecule has 108 valence electrons. The van der Waals surface area contributed by atoms with Crippen molar-refractivity contribution in [3.8, 4) is 0 Å². The van der Waals surface area contributed by atoms with Crippen LogP contribution < -0.4 is 5.32 Å². The zero-order chi connectivity index (χ0) is 15.0. The summed E-state index contributed by atoms with van der Waals surface area (Å²) < 4.78 is 0. The molecule has 3 rings (SSSR count). The van der Waals surface area contributed by atoms with Crippen molar-refractivity contribution in [1.82, 2.24) is 25.1 Å². The van der Waals surface area contributed by atoms with Crippen molar-refractivity contribution >= 4 is 22.9 Å². The number of aromatic amines is 2. The van der Waals surface area contributed by atoms with Crippen LogP contribution in [0, 0.1) is 0 Å². The Morgan fingerprint density at radius 2 is 1.95 bits per heavy atom. The molecule has 0 saturated heterocycles. The Bertz CT molecular complexity index is 762. The predicted octanol–water partition coefficient (Wildman–Crippen LogP) is 2.23. The number of benzene rings is 1. The molecule has 0 aliphatic rings. The van der Waals surface area contributed by atoms with Gasteiger partial charge in [0.05, 0.1) is 11.0 Å². The van der Waals surface area contributed by atoms with E-state index in [0.29, 0.717) is 11.8 Å². The molecule has 0 aliphatic carbocycles. The topological polar surface area (TPSA) is 99.3 Å². The lowest BCUT2D eigenvalue weighted by Crippen LogP contribution is -2.16. The standard InChI is InChI=1S/C14H16N6O/c1-14(2,3)12-17-10(19-20-12)11(21)18-13-15-8-6-4-5-7-9(8)16-13/h4-7H,1-3H3,(H,17,19,20)(H2,15,16,18,21). The van der Waals surface area contributed by atoms with E-state index < -0.39 is 5.91 Å². The predicted molar refractivity (Wildman–Crippen MR) is 79.1 cm³/mol. The number of anilines is 1. The molecular weight excluding hydrogens is 268 g/mol. The van der Waals surface area contributed by atoms with Crippen LogP contribution in [0.15, 0.2) is 24.3 Å². The van der Waals surface area contributed by atoms with E-state index in [9.17, 15) is 4.79 Å². The van der Waals surface area contributed by atoms with E-state index in [1.165, 1.54) is 0 Å². The molecule has 0 unspecified atom stereocenters. The van der Waals surface area contributed by atoms with Crippen LogP contribution in [0.3, 0.4) is 0 Å². The first-order chi connectivity index (χ1) is 9.93. The zero-order valence-corrected chi connectivity index (χ0v) is 12.1. The Balaban J connectivity index is 1.81. The third-order valence-corrected chi connectivity index (χ3v) is 3.02. The van der Waals surface area contributed by atoms with E-state index >= 15 is 0 Å². The van der Waals surface area contributed by atoms with Crippen molar-refractivity contribution in [3.05, 3.63) is 35.9 Å². The second kappa shape index (κ2) is 4.69. The highest BCUT2D eigenvalue weighted by molar-refractivity contribution is 6.01. The molecule has 0 bridgehead atoms. The lowest BCUT2D eigenvalue weighted by atomic mass is 9.96. The van der Waals surface area contributed by atoms with Crippen molar-refractivity contribution in [2.24, 2.45) is 0 Å². The molecule has 0 spiro atoms. The second-order valence-corrected chi connectivity index (χ2v) is 5.81. The Hall–Kier alpha value is -2.70. The number of hydrogen-bond donors (Lipinski definition) is 3. The van der Waals surface area contributed by atoms with E-state index in [1.54, 1.807) is 0 Å². The van der Waals surface area contributed by atoms with Gasteiger partial charge in [-0.15, -0.1) is 5.10 Å². The van der Waals surface area contributed by atoms with E-state index in [2.05, 4.69) is 30.5 Å². The number of rotatable bonds is 2. The Labute approximate surface area is 121 Å². The third kappa shape index (κ3) is 2.62. The molecule has 7 heteroatoms. The molecule has 1 aromatic carbocycles. The fraction of sp³-hybridized carbons (Fsp3) is 0.286. The number of nitrogens with one attached hydrogen (secondary N) is 3. The lowest BCUT2D eigenvalue weighted by molar-refractivity contribution is 0.101. The molecule has 2 aromatic heterocycles. The number of para-hydroxylation sites is 2. The Morgan fingerprint density at radius 3 is 2.62 bits per heavy atom. The van der Waals surface area contributed by atoms with Gasteiger partial charge in [0, 0.05) is 5.41 Å². The maximum absolute atomic E-state index is 12.1. The molecular formula is C14H16N6O. The largest absolute Gasteiger partial charge is 0.324 e. The van der Waals surface area contributed by atoms with E-state index in [-0.39, 0.29) is 11.2 Å². The quantitative estimate of drug-likeness (QED) is 0.672. The lowest BCUT2D eigenvalue weighted by Gasteiger charge is -2.12. The first kappa shape index (κ1) is 13.3. The van der Waals surface area contributed by atoms with Gasteiger partial charge in [-0.05, 0) is 12.1 Å². The first-order valence-electron chi connectivity index (χ1n) is 6.62. The summed E-state index contributed by atoms with van der Waals surface area (Å²) in [7, 11) is 0. The normalized spacial score (nSPS) is 11.8. The highest BCUT2D eigenvalue weighted by Crippen LogP contribution is 2.18. The fourth-order valence-corrected chi connectivity index (χ4v) is 1.87. The van der Waals surface area contributed by atoms with Gasteiger partial charge in [0.25, 0.3) is 5.91 Å². The smallest absolute Gasteiger partial charge is 0.297 e. The maximum atomic E-state index is 12.1. The molecule has 3 N–H and O–H groups in total. The number of aromatic nitrogens is 5. The Morgan fingerprint density at radius 1 is 1.19 bits per heavy atom. The van der Waals surface area contributed by atoms with Crippen LogP contribution in [0.1, 0.15) is 37.2 Å². The van der Waals surface area contributed by atoms with Crippen LogP contribution in [0.25, 0.3) is 11.0 Å². The van der Waals surface area contributed by atoms with Gasteiger partial charge in [-0.2, -0.15) is 0 Å². The van der Waals surface area contributed by atoms with E-state index in [0.717, 1.165) is 11.0 Å². The molecule has 7 nitrogen and oxygen atoms in total. The van der Waals surface area contributed by atoms with E-state index in [4.69, 9.17) is 0 Å². The average molecular weight is 284 g/mol. The van der Waals surface area contributed by atoms with Gasteiger partial charge in [0.1, 0.15) is 5.82 Å². The van der Waals surface area contributed by atoms with Crippen LogP contribution in [0.4, 0.5) is 5.95 Å². The molecule has 0 atom stereocenters. The van der Waals surface area contributed by atoms with E-state index in [1.807, 2.05) is 45.0 Å². The summed E-state index contributed by atoms with van der Waals surface area (Å²) in [6, 6.07) is 7.55. The first-order valence-corrected chi connectivity index (χ1v) is 6.62. The highest BCUT2D eigenvalue weighted by Gasteiger charge is 2.21. The van der Waals surface area contributed by atoms with Crippen LogP contribution in [0.2, 0.25) is 0 Å². The number of nitrogens with zero attached hydrogens (tertiary/aromatic N) is 3. The average Bonchev–Trinajstić information content (AvgIpc) is 3.04. The minimum atomic E-state index is -0.402. The summed E-state index contributed by atoms with van der Waals surface area (Å²) >= 11 is 0. The number of hydrogen-bond acceptors (Lipinski definition) is 4. The minimum Gasteiger partial charge on any atom is -0.324 e. The number of fused-ring (bicyclic) bond motifs is 1. The SMILES string of the molecule is CC(C)(C)c1nc(C(=O)Nc2nc3ccccc3[nH]2)n[nH]1. The van der Waals surface area contributed by atoms with Gasteiger partial charge < -0.3 is 4.98 Å². The summed E-state index contributed by atoms with van der Waals surface area (Å²) in [5, 5.41) is 9.39. The second-order valence-electron chi connectivity index (χ2n) is 5.81. The molecule has 21 heavy (non-hydrogen) atoms. The van der Waals surface area contributed by atoms with Gasteiger partial charge in [-0.25, -0.2) is 9.97 Å². The van der Waals surface area contributed by atoms with Gasteiger partial charge in [-0.3, -0.25) is 15.2 Å². The number of amides is 1. The summed E-state index contributed by atoms with van der Waals surface area (Å²) in [4.78, 5) is 23.6. The minimum absolute atomic E-state index is 0.0976. The van der Waals surface area contributed by atoms with Crippen molar-refractivity contribution in [2.75, 3.05) is 5.32 Å². The summed E-state index contributed by atoms with van der Waals surface area (Å²) in [5.41, 5.74) is 1.46. The number of carbonyl (C=O) groups excluding carboxylic acids is 1. The van der Waals surface area contributed by atoms with Gasteiger partial charge in [-0.1, -0.05) is 32.9 Å².